The van der Waals surface area contributed by atoms with Gasteiger partial charge in [-0.3, -0.25) is 4.72 Å². The molecule has 1 atom stereocenters. The largest absolute Gasteiger partial charge is 0.316 e. The van der Waals surface area contributed by atoms with Crippen LogP contribution in [-0.4, -0.2) is 31.7 Å². The van der Waals surface area contributed by atoms with Gasteiger partial charge >= 0.3 is 0 Å². The van der Waals surface area contributed by atoms with Crippen LogP contribution < -0.4 is 10.0 Å². The van der Waals surface area contributed by atoms with Gasteiger partial charge in [-0.25, -0.2) is 13.4 Å². The van der Waals surface area contributed by atoms with E-state index in [1.165, 1.54) is 0 Å². The van der Waals surface area contributed by atoms with Gasteiger partial charge in [-0.2, -0.15) is 0 Å². The molecule has 0 aliphatic heterocycles. The molecule has 0 spiro atoms. The van der Waals surface area contributed by atoms with Crippen LogP contribution in [0.5, 0.6) is 0 Å². The Balaban J connectivity index is 2.72. The third-order valence-corrected chi connectivity index (χ3v) is 4.07. The summed E-state index contributed by atoms with van der Waals surface area (Å²) in [5.41, 5.74) is 0.782. The summed E-state index contributed by atoms with van der Waals surface area (Å²) in [5.74, 6) is 0.369. The fourth-order valence-electron chi connectivity index (χ4n) is 1.30. The minimum Gasteiger partial charge on any atom is -0.316 e. The number of pyridine rings is 1. The lowest BCUT2D eigenvalue weighted by atomic mass is 10.4. The molecule has 5 nitrogen and oxygen atoms in total. The maximum absolute atomic E-state index is 11.9. The van der Waals surface area contributed by atoms with Crippen LogP contribution in [0, 0.1) is 6.92 Å². The highest BCUT2D eigenvalue weighted by molar-refractivity contribution is 7.93. The highest BCUT2D eigenvalue weighted by Crippen LogP contribution is 2.09. The summed E-state index contributed by atoms with van der Waals surface area (Å²) >= 11 is 0. The van der Waals surface area contributed by atoms with Crippen LogP contribution in [-0.2, 0) is 10.0 Å². The summed E-state index contributed by atoms with van der Waals surface area (Å²) < 4.78 is 26.3. The molecule has 0 saturated heterocycles. The molecule has 1 heterocycles. The Bertz CT molecular complexity index is 460. The van der Waals surface area contributed by atoms with Gasteiger partial charge in [0.15, 0.2) is 0 Å². The molecule has 0 amide bonds. The maximum atomic E-state index is 11.9. The summed E-state index contributed by atoms with van der Waals surface area (Å²) in [6.45, 7) is 6.61. The zero-order chi connectivity index (χ0) is 12.9. The molecule has 1 aromatic rings. The number of hydrogen-bond acceptors (Lipinski definition) is 4. The van der Waals surface area contributed by atoms with Crippen LogP contribution in [0.2, 0.25) is 0 Å². The van der Waals surface area contributed by atoms with E-state index in [4.69, 9.17) is 0 Å². The quantitative estimate of drug-likeness (QED) is 0.801. The van der Waals surface area contributed by atoms with E-state index >= 15 is 0 Å². The van der Waals surface area contributed by atoms with Crippen molar-refractivity contribution in [3.8, 4) is 0 Å². The third-order valence-electron chi connectivity index (χ3n) is 2.35. The zero-order valence-corrected chi connectivity index (χ0v) is 11.2. The Morgan fingerprint density at radius 1 is 1.41 bits per heavy atom. The van der Waals surface area contributed by atoms with Crippen molar-refractivity contribution in [2.45, 2.75) is 26.0 Å². The van der Waals surface area contributed by atoms with Crippen LogP contribution in [0.1, 0.15) is 19.5 Å². The molecule has 0 fully saturated rings. The highest BCUT2D eigenvalue weighted by Gasteiger charge is 2.20. The van der Waals surface area contributed by atoms with Crippen molar-refractivity contribution in [2.24, 2.45) is 0 Å². The van der Waals surface area contributed by atoms with E-state index in [1.807, 2.05) is 19.9 Å². The first-order valence-corrected chi connectivity index (χ1v) is 7.16. The second-order valence-corrected chi connectivity index (χ2v) is 6.03. The van der Waals surface area contributed by atoms with Crippen molar-refractivity contribution in [3.05, 3.63) is 23.9 Å². The molecule has 17 heavy (non-hydrogen) atoms. The first-order valence-electron chi connectivity index (χ1n) is 5.61. The van der Waals surface area contributed by atoms with E-state index in [1.54, 1.807) is 19.1 Å². The average molecular weight is 257 g/mol. The van der Waals surface area contributed by atoms with Gasteiger partial charge in [-0.05, 0) is 32.5 Å². The minimum atomic E-state index is -3.38. The van der Waals surface area contributed by atoms with Crippen molar-refractivity contribution in [2.75, 3.05) is 17.8 Å². The Morgan fingerprint density at radius 2 is 2.12 bits per heavy atom. The molecule has 1 rings (SSSR count). The standard InChI is InChI=1S/C11H19N3O2S/c1-4-12-8-10(3)17(15,16)14-11-7-5-6-9(2)13-11/h5-7,10,12H,4,8H2,1-3H3,(H,13,14). The molecule has 0 saturated carbocycles. The van der Waals surface area contributed by atoms with Crippen molar-refractivity contribution < 1.29 is 8.42 Å². The average Bonchev–Trinajstić information content (AvgIpc) is 2.25. The molecule has 0 bridgehead atoms. The summed E-state index contributed by atoms with van der Waals surface area (Å²) in [7, 11) is -3.38. The number of anilines is 1. The van der Waals surface area contributed by atoms with Gasteiger partial charge in [0.25, 0.3) is 0 Å². The first-order chi connectivity index (χ1) is 7.95. The molecule has 0 aromatic carbocycles. The fourth-order valence-corrected chi connectivity index (χ4v) is 2.25. The number of nitrogens with one attached hydrogen (secondary N) is 2. The van der Waals surface area contributed by atoms with Crippen LogP contribution in [0.25, 0.3) is 0 Å². The summed E-state index contributed by atoms with van der Waals surface area (Å²) in [6.07, 6.45) is 0. The first kappa shape index (κ1) is 13.9. The Labute approximate surface area is 103 Å². The maximum Gasteiger partial charge on any atom is 0.237 e. The lowest BCUT2D eigenvalue weighted by molar-refractivity contribution is 0.579. The Hall–Kier alpha value is -1.14. The summed E-state index contributed by atoms with van der Waals surface area (Å²) in [4.78, 5) is 4.11. The number of sulfonamides is 1. The van der Waals surface area contributed by atoms with E-state index in [0.29, 0.717) is 12.4 Å². The van der Waals surface area contributed by atoms with Crippen LogP contribution in [0.4, 0.5) is 5.82 Å². The number of hydrogen-bond donors (Lipinski definition) is 2. The van der Waals surface area contributed by atoms with Gasteiger partial charge in [0.1, 0.15) is 5.82 Å². The third kappa shape index (κ3) is 4.32. The fraction of sp³-hybridized carbons (Fsp3) is 0.545. The van der Waals surface area contributed by atoms with Crippen molar-refractivity contribution in [1.29, 1.82) is 0 Å². The number of aromatic nitrogens is 1. The molecule has 96 valence electrons. The molecular formula is C11H19N3O2S. The van der Waals surface area contributed by atoms with Crippen LogP contribution in [0.15, 0.2) is 18.2 Å². The number of nitrogens with zero attached hydrogens (tertiary/aromatic N) is 1. The summed E-state index contributed by atoms with van der Waals surface area (Å²) in [6, 6.07) is 5.24. The van der Waals surface area contributed by atoms with Crippen molar-refractivity contribution >= 4 is 15.8 Å². The SMILES string of the molecule is CCNCC(C)S(=O)(=O)Nc1cccc(C)n1. The van der Waals surface area contributed by atoms with E-state index in [9.17, 15) is 8.42 Å². The monoisotopic (exact) mass is 257 g/mol. The van der Waals surface area contributed by atoms with Gasteiger partial charge in [0, 0.05) is 12.2 Å². The van der Waals surface area contributed by atoms with E-state index in [-0.39, 0.29) is 0 Å². The van der Waals surface area contributed by atoms with Gasteiger partial charge in [-0.1, -0.05) is 13.0 Å². The number of rotatable bonds is 6. The van der Waals surface area contributed by atoms with Crippen LogP contribution >= 0.6 is 0 Å². The molecule has 0 radical (unpaired) electrons. The van der Waals surface area contributed by atoms with Crippen molar-refractivity contribution in [1.82, 2.24) is 10.3 Å². The van der Waals surface area contributed by atoms with Gasteiger partial charge in [0.05, 0.1) is 5.25 Å². The zero-order valence-electron chi connectivity index (χ0n) is 10.4. The summed E-state index contributed by atoms with van der Waals surface area (Å²) in [5, 5.41) is 2.52. The van der Waals surface area contributed by atoms with Gasteiger partial charge < -0.3 is 5.32 Å². The normalized spacial score (nSPS) is 13.4. The van der Waals surface area contributed by atoms with Gasteiger partial charge in [-0.15, -0.1) is 0 Å². The van der Waals surface area contributed by atoms with Crippen LogP contribution in [0.3, 0.4) is 0 Å². The molecule has 2 N–H and O–H groups in total. The molecular weight excluding hydrogens is 238 g/mol. The van der Waals surface area contributed by atoms with Gasteiger partial charge in [0.2, 0.25) is 10.0 Å². The lowest BCUT2D eigenvalue weighted by Gasteiger charge is -2.14. The van der Waals surface area contributed by atoms with E-state index in [2.05, 4.69) is 15.0 Å². The topological polar surface area (TPSA) is 71.1 Å². The Kier molecular flexibility index (Phi) is 4.89. The second kappa shape index (κ2) is 5.97. The highest BCUT2D eigenvalue weighted by atomic mass is 32.2. The molecule has 0 aliphatic carbocycles. The molecule has 1 aromatic heterocycles. The second-order valence-electron chi connectivity index (χ2n) is 3.93. The smallest absolute Gasteiger partial charge is 0.237 e. The Morgan fingerprint density at radius 3 is 2.71 bits per heavy atom. The van der Waals surface area contributed by atoms with E-state index < -0.39 is 15.3 Å². The predicted molar refractivity (Wildman–Crippen MR) is 69.5 cm³/mol. The molecule has 1 unspecified atom stereocenters. The molecule has 6 heteroatoms. The lowest BCUT2D eigenvalue weighted by Crippen LogP contribution is -2.34. The minimum absolute atomic E-state index is 0.369. The number of aryl methyl sites for hydroxylation is 1. The molecule has 0 aliphatic rings. The predicted octanol–water partition coefficient (Wildman–Crippen LogP) is 1.13. The van der Waals surface area contributed by atoms with Crippen molar-refractivity contribution in [3.63, 3.8) is 0 Å². The van der Waals surface area contributed by atoms with E-state index in [0.717, 1.165) is 12.2 Å².